The molecule has 166 valence electrons. The van der Waals surface area contributed by atoms with Gasteiger partial charge in [0.25, 0.3) is 11.8 Å². The zero-order valence-corrected chi connectivity index (χ0v) is 19.4. The number of aromatic nitrogens is 1. The van der Waals surface area contributed by atoms with E-state index < -0.39 is 17.7 Å². The standard InChI is InChI=1S/C22H21ClN4O4S/c1-25(2)10-11-26(22-24-18-16(31-3)9-8-15(23)19(18)32-22)17(28)12-27-20(29)13-6-4-5-7-14(13)21(27)30/h4-9H,10-12H2,1-3H3. The monoisotopic (exact) mass is 472 g/mol. The molecule has 0 unspecified atom stereocenters. The van der Waals surface area contributed by atoms with Crippen LogP contribution < -0.4 is 9.64 Å². The average Bonchev–Trinajstić information content (AvgIpc) is 3.31. The van der Waals surface area contributed by atoms with Gasteiger partial charge in [0.2, 0.25) is 5.91 Å². The number of carbonyl (C=O) groups is 3. The molecular formula is C22H21ClN4O4S. The molecule has 0 spiro atoms. The van der Waals surface area contributed by atoms with E-state index >= 15 is 0 Å². The highest BCUT2D eigenvalue weighted by atomic mass is 35.5. The van der Waals surface area contributed by atoms with E-state index in [0.29, 0.717) is 50.3 Å². The molecule has 3 aromatic rings. The van der Waals surface area contributed by atoms with Gasteiger partial charge in [-0.15, -0.1) is 0 Å². The van der Waals surface area contributed by atoms with E-state index in [1.807, 2.05) is 19.0 Å². The lowest BCUT2D eigenvalue weighted by Crippen LogP contribution is -2.45. The third-order valence-electron chi connectivity index (χ3n) is 5.14. The Kier molecular flexibility index (Phi) is 6.14. The second-order valence-corrected chi connectivity index (χ2v) is 8.90. The van der Waals surface area contributed by atoms with Crippen molar-refractivity contribution in [2.45, 2.75) is 0 Å². The van der Waals surface area contributed by atoms with Gasteiger partial charge in [-0.05, 0) is 38.4 Å². The number of hydrogen-bond acceptors (Lipinski definition) is 7. The number of ether oxygens (including phenoxy) is 1. The largest absolute Gasteiger partial charge is 0.494 e. The van der Waals surface area contributed by atoms with Crippen LogP contribution in [-0.4, -0.2) is 73.3 Å². The molecule has 2 heterocycles. The molecule has 0 aliphatic carbocycles. The van der Waals surface area contributed by atoms with Crippen molar-refractivity contribution >= 4 is 56.0 Å². The maximum Gasteiger partial charge on any atom is 0.262 e. The molecule has 0 saturated carbocycles. The van der Waals surface area contributed by atoms with Crippen LogP contribution in [0.2, 0.25) is 5.02 Å². The Morgan fingerprint density at radius 2 is 1.75 bits per heavy atom. The number of anilines is 1. The number of fused-ring (bicyclic) bond motifs is 2. The quantitative estimate of drug-likeness (QED) is 0.491. The zero-order valence-electron chi connectivity index (χ0n) is 17.8. The van der Waals surface area contributed by atoms with Crippen LogP contribution in [-0.2, 0) is 4.79 Å². The molecule has 8 nitrogen and oxygen atoms in total. The van der Waals surface area contributed by atoms with Gasteiger partial charge in [-0.25, -0.2) is 4.98 Å². The number of carbonyl (C=O) groups excluding carboxylic acids is 3. The summed E-state index contributed by atoms with van der Waals surface area (Å²) >= 11 is 7.61. The molecule has 4 rings (SSSR count). The maximum atomic E-state index is 13.3. The number of rotatable bonds is 7. The smallest absolute Gasteiger partial charge is 0.262 e. The van der Waals surface area contributed by atoms with Gasteiger partial charge in [-0.2, -0.15) is 0 Å². The van der Waals surface area contributed by atoms with Crippen molar-refractivity contribution in [3.63, 3.8) is 0 Å². The van der Waals surface area contributed by atoms with Crippen LogP contribution in [0.25, 0.3) is 10.2 Å². The summed E-state index contributed by atoms with van der Waals surface area (Å²) in [6, 6.07) is 10.00. The fourth-order valence-electron chi connectivity index (χ4n) is 3.45. The second kappa shape index (κ2) is 8.85. The summed E-state index contributed by atoms with van der Waals surface area (Å²) in [5.74, 6) is -0.802. The Bertz CT molecular complexity index is 1190. The summed E-state index contributed by atoms with van der Waals surface area (Å²) in [7, 11) is 5.33. The van der Waals surface area contributed by atoms with Crippen LogP contribution in [0.15, 0.2) is 36.4 Å². The van der Waals surface area contributed by atoms with Gasteiger partial charge in [-0.1, -0.05) is 35.1 Å². The minimum Gasteiger partial charge on any atom is -0.494 e. The number of methoxy groups -OCH3 is 1. The van der Waals surface area contributed by atoms with Gasteiger partial charge in [0.05, 0.1) is 28.0 Å². The number of benzene rings is 2. The van der Waals surface area contributed by atoms with E-state index in [1.54, 1.807) is 43.5 Å². The third-order valence-corrected chi connectivity index (χ3v) is 6.68. The number of nitrogens with zero attached hydrogens (tertiary/aromatic N) is 4. The van der Waals surface area contributed by atoms with Crippen LogP contribution in [0.3, 0.4) is 0 Å². The van der Waals surface area contributed by atoms with Crippen molar-refractivity contribution < 1.29 is 19.1 Å². The van der Waals surface area contributed by atoms with E-state index in [2.05, 4.69) is 4.98 Å². The number of halogens is 1. The molecule has 0 N–H and O–H groups in total. The third kappa shape index (κ3) is 3.94. The first kappa shape index (κ1) is 22.2. The first-order chi connectivity index (χ1) is 15.3. The first-order valence-corrected chi connectivity index (χ1v) is 11.0. The number of amides is 3. The van der Waals surface area contributed by atoms with Crippen molar-refractivity contribution in [1.29, 1.82) is 0 Å². The minimum absolute atomic E-state index is 0.307. The van der Waals surface area contributed by atoms with Gasteiger partial charge < -0.3 is 9.64 Å². The van der Waals surface area contributed by atoms with Crippen LogP contribution in [0.4, 0.5) is 5.13 Å². The number of thiazole rings is 1. The minimum atomic E-state index is -0.472. The molecule has 32 heavy (non-hydrogen) atoms. The topological polar surface area (TPSA) is 83.0 Å². The molecule has 1 aliphatic heterocycles. The molecule has 0 saturated heterocycles. The molecule has 1 aliphatic rings. The number of hydrogen-bond donors (Lipinski definition) is 0. The second-order valence-electron chi connectivity index (χ2n) is 7.51. The molecule has 2 aromatic carbocycles. The Labute approximate surface area is 193 Å². The lowest BCUT2D eigenvalue weighted by Gasteiger charge is -2.24. The predicted molar refractivity (Wildman–Crippen MR) is 124 cm³/mol. The predicted octanol–water partition coefficient (Wildman–Crippen LogP) is 3.15. The van der Waals surface area contributed by atoms with Crippen LogP contribution in [0.5, 0.6) is 5.75 Å². The molecule has 3 amide bonds. The zero-order chi connectivity index (χ0) is 23.0. The molecular weight excluding hydrogens is 452 g/mol. The lowest BCUT2D eigenvalue weighted by atomic mass is 10.1. The molecule has 1 aromatic heterocycles. The Balaban J connectivity index is 1.66. The van der Waals surface area contributed by atoms with Gasteiger partial charge in [-0.3, -0.25) is 24.2 Å². The Hall–Kier alpha value is -3.01. The fourth-order valence-corrected chi connectivity index (χ4v) is 4.75. The van der Waals surface area contributed by atoms with Gasteiger partial charge >= 0.3 is 0 Å². The molecule has 0 bridgehead atoms. The van der Waals surface area contributed by atoms with Crippen LogP contribution in [0.1, 0.15) is 20.7 Å². The summed E-state index contributed by atoms with van der Waals surface area (Å²) in [4.78, 5) is 47.8. The number of imide groups is 1. The summed E-state index contributed by atoms with van der Waals surface area (Å²) in [5.41, 5.74) is 1.17. The lowest BCUT2D eigenvalue weighted by molar-refractivity contribution is -0.119. The average molecular weight is 473 g/mol. The van der Waals surface area contributed by atoms with Crippen molar-refractivity contribution in [3.05, 3.63) is 52.5 Å². The fraction of sp³-hybridized carbons (Fsp3) is 0.273. The maximum absolute atomic E-state index is 13.3. The molecule has 0 atom stereocenters. The van der Waals surface area contributed by atoms with Crippen LogP contribution >= 0.6 is 22.9 Å². The van der Waals surface area contributed by atoms with E-state index in [-0.39, 0.29) is 6.54 Å². The van der Waals surface area contributed by atoms with Crippen molar-refractivity contribution in [2.75, 3.05) is 45.7 Å². The van der Waals surface area contributed by atoms with Gasteiger partial charge in [0, 0.05) is 13.1 Å². The highest BCUT2D eigenvalue weighted by Crippen LogP contribution is 2.38. The SMILES string of the molecule is COc1ccc(Cl)c2sc(N(CCN(C)C)C(=O)CN3C(=O)c4ccccc4C3=O)nc12. The van der Waals surface area contributed by atoms with E-state index in [1.165, 1.54) is 16.2 Å². The van der Waals surface area contributed by atoms with Crippen molar-refractivity contribution in [3.8, 4) is 5.75 Å². The summed E-state index contributed by atoms with van der Waals surface area (Å²) < 4.78 is 6.08. The van der Waals surface area contributed by atoms with Gasteiger partial charge in [0.1, 0.15) is 17.8 Å². The highest BCUT2D eigenvalue weighted by molar-refractivity contribution is 7.23. The molecule has 0 radical (unpaired) electrons. The normalized spacial score (nSPS) is 13.2. The van der Waals surface area contributed by atoms with Crippen LogP contribution in [0, 0.1) is 0 Å². The van der Waals surface area contributed by atoms with Crippen molar-refractivity contribution in [2.24, 2.45) is 0 Å². The molecule has 0 fully saturated rings. The van der Waals surface area contributed by atoms with Gasteiger partial charge in [0.15, 0.2) is 5.13 Å². The summed E-state index contributed by atoms with van der Waals surface area (Å²) in [5, 5.41) is 0.930. The van der Waals surface area contributed by atoms with E-state index in [4.69, 9.17) is 16.3 Å². The van der Waals surface area contributed by atoms with Crippen molar-refractivity contribution in [1.82, 2.24) is 14.8 Å². The number of likely N-dealkylation sites (N-methyl/N-ethyl adjacent to an activating group) is 1. The van der Waals surface area contributed by atoms with E-state index in [0.717, 1.165) is 4.90 Å². The Morgan fingerprint density at radius 1 is 1.09 bits per heavy atom. The van der Waals surface area contributed by atoms with E-state index in [9.17, 15) is 14.4 Å². The Morgan fingerprint density at radius 3 is 2.34 bits per heavy atom. The molecule has 10 heteroatoms. The summed E-state index contributed by atoms with van der Waals surface area (Å²) in [6.07, 6.45) is 0. The summed E-state index contributed by atoms with van der Waals surface area (Å²) in [6.45, 7) is 0.518. The first-order valence-electron chi connectivity index (χ1n) is 9.85. The highest BCUT2D eigenvalue weighted by Gasteiger charge is 2.37.